The van der Waals surface area contributed by atoms with E-state index in [1.54, 1.807) is 13.2 Å². The maximum Gasteiger partial charge on any atom is 0.416 e. The Hall–Kier alpha value is -1.90. The average Bonchev–Trinajstić information content (AvgIpc) is 3.29. The molecule has 4 atom stereocenters. The van der Waals surface area contributed by atoms with E-state index in [0.717, 1.165) is 37.3 Å². The lowest BCUT2D eigenvalue weighted by Gasteiger charge is -2.39. The second-order valence-corrected chi connectivity index (χ2v) is 10.5. The lowest BCUT2D eigenvalue weighted by molar-refractivity contribution is -0.144. The third-order valence-electron chi connectivity index (χ3n) is 8.19. The van der Waals surface area contributed by atoms with Crippen LogP contribution in [0.1, 0.15) is 57.1 Å². The Balaban J connectivity index is 1.43. The van der Waals surface area contributed by atoms with E-state index in [2.05, 4.69) is 19.2 Å². The number of amides is 1. The van der Waals surface area contributed by atoms with E-state index >= 15 is 0 Å². The molecule has 1 aromatic rings. The summed E-state index contributed by atoms with van der Waals surface area (Å²) in [5.74, 6) is 0.370. The minimum absolute atomic E-state index is 0.0232. The molecule has 1 saturated carbocycles. The smallest absolute Gasteiger partial charge is 0.379 e. The van der Waals surface area contributed by atoms with Crippen LogP contribution in [0.3, 0.4) is 0 Å². The molecule has 3 aliphatic rings. The molecule has 194 valence electrons. The van der Waals surface area contributed by atoms with Gasteiger partial charge >= 0.3 is 6.18 Å². The van der Waals surface area contributed by atoms with Gasteiger partial charge in [-0.25, -0.2) is 0 Å². The lowest BCUT2D eigenvalue weighted by atomic mass is 9.74. The van der Waals surface area contributed by atoms with E-state index in [-0.39, 0.29) is 30.0 Å². The summed E-state index contributed by atoms with van der Waals surface area (Å²) in [7, 11) is 1.71. The van der Waals surface area contributed by atoms with Gasteiger partial charge in [-0.1, -0.05) is 32.1 Å². The van der Waals surface area contributed by atoms with Crippen molar-refractivity contribution in [3.05, 3.63) is 41.5 Å². The van der Waals surface area contributed by atoms with Crippen LogP contribution >= 0.6 is 0 Å². The quantitative estimate of drug-likeness (QED) is 0.611. The van der Waals surface area contributed by atoms with Gasteiger partial charge in [-0.2, -0.15) is 13.2 Å². The first-order valence-electron chi connectivity index (χ1n) is 12.7. The van der Waals surface area contributed by atoms with Crippen molar-refractivity contribution in [3.63, 3.8) is 0 Å². The van der Waals surface area contributed by atoms with Crippen molar-refractivity contribution < 1.29 is 27.4 Å². The lowest BCUT2D eigenvalue weighted by Crippen LogP contribution is -2.52. The van der Waals surface area contributed by atoms with Crippen molar-refractivity contribution in [3.8, 4) is 0 Å². The summed E-state index contributed by atoms with van der Waals surface area (Å²) in [5, 5.41) is 3.75. The molecule has 5 nitrogen and oxygen atoms in total. The van der Waals surface area contributed by atoms with Gasteiger partial charge in [0.2, 0.25) is 5.91 Å². The van der Waals surface area contributed by atoms with Gasteiger partial charge in [0.15, 0.2) is 0 Å². The molecule has 1 aliphatic carbocycles. The summed E-state index contributed by atoms with van der Waals surface area (Å²) in [6.07, 6.45) is 1.60. The number of carbonyl (C=O) groups is 1. The van der Waals surface area contributed by atoms with Gasteiger partial charge in [0.25, 0.3) is 0 Å². The van der Waals surface area contributed by atoms with E-state index in [1.165, 1.54) is 12.1 Å². The summed E-state index contributed by atoms with van der Waals surface area (Å²) in [6.45, 7) is 6.51. The van der Waals surface area contributed by atoms with Crippen LogP contribution in [-0.2, 0) is 20.4 Å². The first-order chi connectivity index (χ1) is 16.6. The molecule has 0 bridgehead atoms. The molecule has 1 amide bonds. The number of hydrogen-bond donors (Lipinski definition) is 1. The first-order valence-corrected chi connectivity index (χ1v) is 12.7. The molecule has 2 fully saturated rings. The highest BCUT2D eigenvalue weighted by Gasteiger charge is 2.49. The molecule has 4 rings (SSSR count). The fourth-order valence-electron chi connectivity index (χ4n) is 5.95. The number of alkyl halides is 3. The van der Waals surface area contributed by atoms with E-state index < -0.39 is 17.2 Å². The Bertz CT molecular complexity index is 932. The Morgan fingerprint density at radius 2 is 2.09 bits per heavy atom. The molecule has 1 N–H and O–H groups in total. The van der Waals surface area contributed by atoms with Crippen molar-refractivity contribution >= 4 is 11.5 Å². The highest BCUT2D eigenvalue weighted by atomic mass is 19.4. The highest BCUT2D eigenvalue weighted by Crippen LogP contribution is 2.46. The van der Waals surface area contributed by atoms with Crippen molar-refractivity contribution in [1.82, 2.24) is 10.2 Å². The molecule has 4 unspecified atom stereocenters. The SMILES string of the molecule is COC1COCCC1NC1CCC(C(=O)N2CC=C(c3cccc(C(F)(F)F)c3)CC2)(C(C)C)C1. The molecule has 1 aromatic carbocycles. The second-order valence-electron chi connectivity index (χ2n) is 10.5. The summed E-state index contributed by atoms with van der Waals surface area (Å²) >= 11 is 0. The monoisotopic (exact) mass is 494 g/mol. The number of ether oxygens (including phenoxy) is 2. The number of benzene rings is 1. The van der Waals surface area contributed by atoms with Gasteiger partial charge in [-0.15, -0.1) is 0 Å². The predicted molar refractivity (Wildman–Crippen MR) is 129 cm³/mol. The van der Waals surface area contributed by atoms with Gasteiger partial charge in [0.1, 0.15) is 0 Å². The van der Waals surface area contributed by atoms with Crippen LogP contribution in [0.5, 0.6) is 0 Å². The van der Waals surface area contributed by atoms with Crippen LogP contribution in [0.2, 0.25) is 0 Å². The molecule has 0 spiro atoms. The van der Waals surface area contributed by atoms with E-state index in [1.807, 2.05) is 11.0 Å². The Morgan fingerprint density at radius 1 is 1.29 bits per heavy atom. The Morgan fingerprint density at radius 3 is 2.74 bits per heavy atom. The number of nitrogens with zero attached hydrogens (tertiary/aromatic N) is 1. The normalized spacial score (nSPS) is 30.0. The predicted octanol–water partition coefficient (Wildman–Crippen LogP) is 4.91. The van der Waals surface area contributed by atoms with Crippen LogP contribution in [0.25, 0.3) is 5.57 Å². The maximum absolute atomic E-state index is 13.8. The fourth-order valence-corrected chi connectivity index (χ4v) is 5.95. The standard InChI is InChI=1S/C27H37F3N2O3/c1-18(2)26(11-7-22(16-26)31-23-10-14-35-17-24(23)34-3)25(33)32-12-8-19(9-13-32)20-5-4-6-21(15-20)27(28,29)30/h4-6,8,15,18,22-24,31H,7,9-14,16-17H2,1-3H3. The van der Waals surface area contributed by atoms with Crippen molar-refractivity contribution in [2.24, 2.45) is 11.3 Å². The number of carbonyl (C=O) groups excluding carboxylic acids is 1. The fraction of sp³-hybridized carbons (Fsp3) is 0.667. The summed E-state index contributed by atoms with van der Waals surface area (Å²) in [4.78, 5) is 15.7. The molecular weight excluding hydrogens is 457 g/mol. The minimum atomic E-state index is -4.36. The Kier molecular flexibility index (Phi) is 7.93. The molecule has 35 heavy (non-hydrogen) atoms. The second kappa shape index (κ2) is 10.6. The highest BCUT2D eigenvalue weighted by molar-refractivity contribution is 5.84. The molecule has 0 radical (unpaired) electrons. The van der Waals surface area contributed by atoms with Crippen LogP contribution < -0.4 is 5.32 Å². The van der Waals surface area contributed by atoms with Crippen LogP contribution in [0.15, 0.2) is 30.3 Å². The number of methoxy groups -OCH3 is 1. The molecule has 8 heteroatoms. The van der Waals surface area contributed by atoms with Crippen molar-refractivity contribution in [2.75, 3.05) is 33.4 Å². The van der Waals surface area contributed by atoms with Gasteiger partial charge < -0.3 is 19.7 Å². The molecule has 2 heterocycles. The van der Waals surface area contributed by atoms with E-state index in [9.17, 15) is 18.0 Å². The van der Waals surface area contributed by atoms with E-state index in [4.69, 9.17) is 9.47 Å². The van der Waals surface area contributed by atoms with Gasteiger partial charge in [0.05, 0.1) is 23.7 Å². The third-order valence-corrected chi connectivity index (χ3v) is 8.19. The van der Waals surface area contributed by atoms with Crippen LogP contribution in [0, 0.1) is 11.3 Å². The number of nitrogens with one attached hydrogen (secondary N) is 1. The largest absolute Gasteiger partial charge is 0.416 e. The van der Waals surface area contributed by atoms with Gasteiger partial charge in [0, 0.05) is 38.9 Å². The van der Waals surface area contributed by atoms with Gasteiger partial charge in [-0.05, 0) is 61.3 Å². The number of rotatable bonds is 6. The average molecular weight is 495 g/mol. The van der Waals surface area contributed by atoms with Crippen molar-refractivity contribution in [2.45, 2.75) is 70.3 Å². The zero-order valence-electron chi connectivity index (χ0n) is 20.9. The zero-order chi connectivity index (χ0) is 25.2. The third kappa shape index (κ3) is 5.59. The molecule has 1 saturated heterocycles. The van der Waals surface area contributed by atoms with Crippen molar-refractivity contribution in [1.29, 1.82) is 0 Å². The molecule has 0 aromatic heterocycles. The maximum atomic E-state index is 13.8. The van der Waals surface area contributed by atoms with Crippen LogP contribution in [-0.4, -0.2) is 62.4 Å². The number of hydrogen-bond acceptors (Lipinski definition) is 4. The van der Waals surface area contributed by atoms with Crippen LogP contribution in [0.4, 0.5) is 13.2 Å². The molecular formula is C27H37F3N2O3. The summed E-state index contributed by atoms with van der Waals surface area (Å²) < 4.78 is 50.5. The number of halogens is 3. The summed E-state index contributed by atoms with van der Waals surface area (Å²) in [6, 6.07) is 5.94. The first kappa shape index (κ1) is 26.2. The van der Waals surface area contributed by atoms with Gasteiger partial charge in [-0.3, -0.25) is 4.79 Å². The van der Waals surface area contributed by atoms with E-state index in [0.29, 0.717) is 38.3 Å². The summed E-state index contributed by atoms with van der Waals surface area (Å²) in [5.41, 5.74) is 0.389. The topological polar surface area (TPSA) is 50.8 Å². The zero-order valence-corrected chi connectivity index (χ0v) is 20.9. The minimum Gasteiger partial charge on any atom is -0.379 e. The molecule has 2 aliphatic heterocycles. The Labute approximate surface area is 206 Å².